The molecular weight excluding hydrogens is 190 g/mol. The van der Waals surface area contributed by atoms with Gasteiger partial charge < -0.3 is 10.5 Å². The number of carbonyl (C=O) groups is 1. The van der Waals surface area contributed by atoms with Crippen LogP contribution in [0.5, 0.6) is 0 Å². The fourth-order valence-corrected chi connectivity index (χ4v) is 1.54. The largest absolute Gasteiger partial charge is 0.490 e. The summed E-state index contributed by atoms with van der Waals surface area (Å²) in [5.41, 5.74) is 6.79. The van der Waals surface area contributed by atoms with E-state index in [4.69, 9.17) is 10.5 Å². The number of nitrogen functional groups attached to an aromatic ring is 1. The Kier molecular flexibility index (Phi) is 2.72. The van der Waals surface area contributed by atoms with Gasteiger partial charge in [0.25, 0.3) is 0 Å². The van der Waals surface area contributed by atoms with Crippen molar-refractivity contribution in [2.45, 2.75) is 12.8 Å². The van der Waals surface area contributed by atoms with Gasteiger partial charge in [0.05, 0.1) is 6.61 Å². The summed E-state index contributed by atoms with van der Waals surface area (Å²) in [6, 6.07) is 6.94. The lowest BCUT2D eigenvalue weighted by molar-refractivity contribution is 0.0899. The number of Topliss-reactive ketones (excluding diaryl/α,β-unsaturated/α-hetero) is 1. The third kappa shape index (κ3) is 2.18. The maximum atomic E-state index is 11.9. The molecule has 0 saturated carbocycles. The molecule has 0 aromatic heterocycles. The van der Waals surface area contributed by atoms with Gasteiger partial charge in [0, 0.05) is 11.3 Å². The van der Waals surface area contributed by atoms with Gasteiger partial charge in [-0.2, -0.15) is 0 Å². The number of rotatable bonds is 2. The van der Waals surface area contributed by atoms with Gasteiger partial charge in [0.1, 0.15) is 0 Å². The van der Waals surface area contributed by atoms with Crippen molar-refractivity contribution < 1.29 is 9.53 Å². The van der Waals surface area contributed by atoms with Gasteiger partial charge in [-0.3, -0.25) is 4.79 Å². The van der Waals surface area contributed by atoms with Crippen molar-refractivity contribution in [3.63, 3.8) is 0 Å². The Morgan fingerprint density at radius 1 is 1.40 bits per heavy atom. The molecule has 1 aromatic rings. The summed E-state index contributed by atoms with van der Waals surface area (Å²) in [7, 11) is 0. The molecule has 3 nitrogen and oxygen atoms in total. The number of hydrogen-bond acceptors (Lipinski definition) is 3. The number of carbonyl (C=O) groups excluding carboxylic acids is 1. The highest BCUT2D eigenvalue weighted by Gasteiger charge is 2.15. The molecule has 2 N–H and O–H groups in total. The van der Waals surface area contributed by atoms with Gasteiger partial charge in [-0.25, -0.2) is 0 Å². The monoisotopic (exact) mass is 203 g/mol. The number of ketones is 1. The van der Waals surface area contributed by atoms with Gasteiger partial charge in [-0.05, 0) is 31.1 Å². The van der Waals surface area contributed by atoms with Crippen molar-refractivity contribution in [2.75, 3.05) is 12.3 Å². The van der Waals surface area contributed by atoms with E-state index < -0.39 is 0 Å². The molecule has 1 aliphatic heterocycles. The molecule has 1 aromatic carbocycles. The molecule has 0 amide bonds. The molecule has 0 atom stereocenters. The lowest BCUT2D eigenvalue weighted by Gasteiger charge is -2.13. The number of anilines is 1. The summed E-state index contributed by atoms with van der Waals surface area (Å²) in [6.45, 7) is 0.625. The highest BCUT2D eigenvalue weighted by Crippen LogP contribution is 2.17. The maximum absolute atomic E-state index is 11.9. The molecule has 0 saturated heterocycles. The van der Waals surface area contributed by atoms with E-state index in [-0.39, 0.29) is 5.78 Å². The molecule has 3 heteroatoms. The summed E-state index contributed by atoms with van der Waals surface area (Å²) in [5.74, 6) is 0.369. The lowest BCUT2D eigenvalue weighted by atomic mass is 10.1. The third-order valence-corrected chi connectivity index (χ3v) is 2.31. The Bertz CT molecular complexity index is 410. The van der Waals surface area contributed by atoms with Crippen LogP contribution in [0.1, 0.15) is 23.2 Å². The zero-order valence-corrected chi connectivity index (χ0v) is 8.40. The van der Waals surface area contributed by atoms with Crippen molar-refractivity contribution in [3.05, 3.63) is 41.7 Å². The highest BCUT2D eigenvalue weighted by atomic mass is 16.5. The summed E-state index contributed by atoms with van der Waals surface area (Å²) < 4.78 is 5.30. The lowest BCUT2D eigenvalue weighted by Crippen LogP contribution is -2.11. The van der Waals surface area contributed by atoms with Crippen molar-refractivity contribution in [1.29, 1.82) is 0 Å². The zero-order valence-electron chi connectivity index (χ0n) is 8.40. The van der Waals surface area contributed by atoms with E-state index >= 15 is 0 Å². The van der Waals surface area contributed by atoms with Crippen molar-refractivity contribution in [2.24, 2.45) is 0 Å². The van der Waals surface area contributed by atoms with Gasteiger partial charge in [-0.1, -0.05) is 12.1 Å². The van der Waals surface area contributed by atoms with Crippen LogP contribution in [0.4, 0.5) is 5.69 Å². The second-order valence-corrected chi connectivity index (χ2v) is 3.51. The van der Waals surface area contributed by atoms with Gasteiger partial charge in [-0.15, -0.1) is 0 Å². The van der Waals surface area contributed by atoms with E-state index in [1.807, 2.05) is 6.08 Å². The minimum Gasteiger partial charge on any atom is -0.490 e. The average molecular weight is 203 g/mol. The smallest absolute Gasteiger partial charge is 0.227 e. The van der Waals surface area contributed by atoms with Gasteiger partial charge in [0.15, 0.2) is 5.76 Å². The van der Waals surface area contributed by atoms with Crippen molar-refractivity contribution in [1.82, 2.24) is 0 Å². The van der Waals surface area contributed by atoms with Crippen LogP contribution in [-0.4, -0.2) is 12.4 Å². The standard InChI is InChI=1S/C12H13NO2/c13-10-5-3-4-9(8-10)12(14)11-6-1-2-7-15-11/h3-6,8H,1-2,7,13H2. The Hall–Kier alpha value is -1.77. The van der Waals surface area contributed by atoms with E-state index in [2.05, 4.69) is 0 Å². The Morgan fingerprint density at radius 2 is 2.27 bits per heavy atom. The first-order valence-electron chi connectivity index (χ1n) is 5.00. The number of hydrogen-bond donors (Lipinski definition) is 1. The van der Waals surface area contributed by atoms with Crippen LogP contribution in [0.2, 0.25) is 0 Å². The minimum absolute atomic E-state index is 0.0815. The fourth-order valence-electron chi connectivity index (χ4n) is 1.54. The predicted molar refractivity (Wildman–Crippen MR) is 58.5 cm³/mol. The van der Waals surface area contributed by atoms with E-state index in [0.29, 0.717) is 23.6 Å². The van der Waals surface area contributed by atoms with Crippen LogP contribution in [0.3, 0.4) is 0 Å². The summed E-state index contributed by atoms with van der Waals surface area (Å²) in [5, 5.41) is 0. The molecule has 0 spiro atoms. The molecule has 1 aliphatic rings. The molecular formula is C12H13NO2. The normalized spacial score (nSPS) is 15.3. The Morgan fingerprint density at radius 3 is 2.93 bits per heavy atom. The third-order valence-electron chi connectivity index (χ3n) is 2.31. The molecule has 0 bridgehead atoms. The zero-order chi connectivity index (χ0) is 10.7. The van der Waals surface area contributed by atoms with E-state index in [1.165, 1.54) is 0 Å². The number of benzene rings is 1. The van der Waals surface area contributed by atoms with Crippen molar-refractivity contribution in [3.8, 4) is 0 Å². The molecule has 0 unspecified atom stereocenters. The van der Waals surface area contributed by atoms with Crippen LogP contribution in [0.25, 0.3) is 0 Å². The molecule has 1 heterocycles. The van der Waals surface area contributed by atoms with E-state index in [1.54, 1.807) is 24.3 Å². The molecule has 15 heavy (non-hydrogen) atoms. The maximum Gasteiger partial charge on any atom is 0.227 e. The molecule has 0 radical (unpaired) electrons. The highest BCUT2D eigenvalue weighted by molar-refractivity contribution is 6.07. The predicted octanol–water partition coefficient (Wildman–Crippen LogP) is 2.15. The molecule has 0 aliphatic carbocycles. The Labute approximate surface area is 88.5 Å². The number of nitrogens with two attached hydrogens (primary N) is 1. The SMILES string of the molecule is Nc1cccc(C(=O)C2=CCCCO2)c1. The fraction of sp³-hybridized carbons (Fsp3) is 0.250. The van der Waals surface area contributed by atoms with Crippen LogP contribution < -0.4 is 5.73 Å². The van der Waals surface area contributed by atoms with Crippen LogP contribution in [0.15, 0.2) is 36.1 Å². The van der Waals surface area contributed by atoms with Crippen LogP contribution in [0, 0.1) is 0 Å². The van der Waals surface area contributed by atoms with E-state index in [9.17, 15) is 4.79 Å². The molecule has 78 valence electrons. The second-order valence-electron chi connectivity index (χ2n) is 3.51. The summed E-state index contributed by atoms with van der Waals surface area (Å²) in [4.78, 5) is 11.9. The summed E-state index contributed by atoms with van der Waals surface area (Å²) in [6.07, 6.45) is 3.73. The first-order chi connectivity index (χ1) is 7.27. The second kappa shape index (κ2) is 4.17. The topological polar surface area (TPSA) is 52.3 Å². The molecule has 0 fully saturated rings. The molecule has 2 rings (SSSR count). The first kappa shape index (κ1) is 9.77. The van der Waals surface area contributed by atoms with Crippen LogP contribution in [-0.2, 0) is 4.74 Å². The van der Waals surface area contributed by atoms with Gasteiger partial charge in [0.2, 0.25) is 5.78 Å². The number of ether oxygens (including phenoxy) is 1. The summed E-state index contributed by atoms with van der Waals surface area (Å²) >= 11 is 0. The quantitative estimate of drug-likeness (QED) is 0.591. The Balaban J connectivity index is 2.24. The number of allylic oxidation sites excluding steroid dienone is 2. The van der Waals surface area contributed by atoms with E-state index in [0.717, 1.165) is 12.8 Å². The average Bonchev–Trinajstić information content (AvgIpc) is 2.29. The van der Waals surface area contributed by atoms with Gasteiger partial charge >= 0.3 is 0 Å². The first-order valence-corrected chi connectivity index (χ1v) is 5.00. The minimum atomic E-state index is -0.0815. The van der Waals surface area contributed by atoms with Crippen molar-refractivity contribution >= 4 is 11.5 Å². The van der Waals surface area contributed by atoms with Crippen LogP contribution >= 0.6 is 0 Å².